The number of rotatable bonds is 15. The minimum Gasteiger partial charge on any atom is -0.497 e. The molecule has 3 aromatic rings. The molecule has 2 amide bonds. The lowest BCUT2D eigenvalue weighted by Gasteiger charge is -2.33. The number of ether oxygens (including phenoxy) is 2. The predicted octanol–water partition coefficient (Wildman–Crippen LogP) is 5.52. The molecule has 0 aliphatic carbocycles. The first-order valence-electron chi connectivity index (χ1n) is 14.2. The van der Waals surface area contributed by atoms with E-state index in [9.17, 15) is 18.0 Å². The number of carbonyl (C=O) groups excluding carboxylic acids is 2. The normalized spacial score (nSPS) is 12.0. The van der Waals surface area contributed by atoms with Crippen LogP contribution in [0.25, 0.3) is 0 Å². The smallest absolute Gasteiger partial charge is 0.264 e. The van der Waals surface area contributed by atoms with Crippen molar-refractivity contribution in [2.24, 2.45) is 5.92 Å². The number of nitrogens with zero attached hydrogens (tertiary/aromatic N) is 2. The lowest BCUT2D eigenvalue weighted by Crippen LogP contribution is -2.52. The third-order valence-electron chi connectivity index (χ3n) is 6.70. The van der Waals surface area contributed by atoms with E-state index >= 15 is 0 Å². The van der Waals surface area contributed by atoms with Gasteiger partial charge in [-0.15, -0.1) is 0 Å². The number of hydrogen-bond donors (Lipinski definition) is 1. The van der Waals surface area contributed by atoms with E-state index in [2.05, 4.69) is 5.32 Å². The van der Waals surface area contributed by atoms with Gasteiger partial charge in [0.1, 0.15) is 24.1 Å². The molecule has 9 nitrogen and oxygen atoms in total. The molecule has 232 valence electrons. The molecule has 0 unspecified atom stereocenters. The molecule has 43 heavy (non-hydrogen) atoms. The summed E-state index contributed by atoms with van der Waals surface area (Å²) in [5, 5.41) is 3.30. The van der Waals surface area contributed by atoms with Crippen molar-refractivity contribution in [1.82, 2.24) is 10.2 Å². The summed E-state index contributed by atoms with van der Waals surface area (Å²) in [6.07, 6.45) is 0.325. The largest absolute Gasteiger partial charge is 0.497 e. The first kappa shape index (κ1) is 33.7. The highest BCUT2D eigenvalue weighted by Crippen LogP contribution is 2.33. The summed E-state index contributed by atoms with van der Waals surface area (Å²) < 4.78 is 40.3. The molecule has 0 fully saturated rings. The van der Waals surface area contributed by atoms with Gasteiger partial charge < -0.3 is 19.7 Å². The number of anilines is 1. The number of carbonyl (C=O) groups is 2. The lowest BCUT2D eigenvalue weighted by atomic mass is 10.1. The van der Waals surface area contributed by atoms with Gasteiger partial charge in [-0.1, -0.05) is 56.6 Å². The van der Waals surface area contributed by atoms with Gasteiger partial charge in [-0.05, 0) is 73.4 Å². The molecule has 0 bridgehead atoms. The second-order valence-electron chi connectivity index (χ2n) is 10.3. The summed E-state index contributed by atoms with van der Waals surface area (Å²) in [4.78, 5) is 29.0. The fourth-order valence-corrected chi connectivity index (χ4v) is 6.01. The topological polar surface area (TPSA) is 105 Å². The number of para-hydroxylation sites is 2. The fraction of sp³-hybridized carbons (Fsp3) is 0.375. The Kier molecular flexibility index (Phi) is 12.3. The Morgan fingerprint density at radius 3 is 2.19 bits per heavy atom. The second kappa shape index (κ2) is 15.6. The van der Waals surface area contributed by atoms with Crippen LogP contribution in [0.3, 0.4) is 0 Å². The van der Waals surface area contributed by atoms with Crippen LogP contribution in [-0.2, 0) is 26.2 Å². The van der Waals surface area contributed by atoms with E-state index in [1.165, 1.54) is 29.2 Å². The highest BCUT2D eigenvalue weighted by molar-refractivity contribution is 7.92. The van der Waals surface area contributed by atoms with Crippen LogP contribution in [0, 0.1) is 5.92 Å². The van der Waals surface area contributed by atoms with E-state index in [1.807, 2.05) is 32.9 Å². The van der Waals surface area contributed by atoms with Crippen molar-refractivity contribution in [2.75, 3.05) is 31.1 Å². The third-order valence-corrected chi connectivity index (χ3v) is 8.72. The molecular formula is C32H40ClN3O6S. The molecule has 1 atom stereocenters. The zero-order chi connectivity index (χ0) is 31.6. The van der Waals surface area contributed by atoms with Crippen LogP contribution >= 0.6 is 11.6 Å². The van der Waals surface area contributed by atoms with Crippen molar-refractivity contribution >= 4 is 39.1 Å². The van der Waals surface area contributed by atoms with E-state index in [-0.39, 0.29) is 35.6 Å². The van der Waals surface area contributed by atoms with E-state index in [4.69, 9.17) is 21.1 Å². The number of nitrogens with one attached hydrogen (secondary N) is 1. The molecule has 0 spiro atoms. The van der Waals surface area contributed by atoms with Gasteiger partial charge in [0, 0.05) is 18.1 Å². The average molecular weight is 630 g/mol. The van der Waals surface area contributed by atoms with Gasteiger partial charge in [0.15, 0.2) is 0 Å². The van der Waals surface area contributed by atoms with E-state index in [0.29, 0.717) is 29.5 Å². The number of halogens is 1. The summed E-state index contributed by atoms with van der Waals surface area (Å²) in [6.45, 7) is 7.82. The first-order chi connectivity index (χ1) is 20.5. The Morgan fingerprint density at radius 2 is 1.60 bits per heavy atom. The molecule has 0 heterocycles. The van der Waals surface area contributed by atoms with Crippen LogP contribution < -0.4 is 19.1 Å². The van der Waals surface area contributed by atoms with Crippen LogP contribution in [0.15, 0.2) is 77.7 Å². The fourth-order valence-electron chi connectivity index (χ4n) is 4.46. The quantitative estimate of drug-likeness (QED) is 0.237. The van der Waals surface area contributed by atoms with Gasteiger partial charge in [0.2, 0.25) is 11.8 Å². The summed E-state index contributed by atoms with van der Waals surface area (Å²) >= 11 is 6.04. The minimum atomic E-state index is -4.27. The summed E-state index contributed by atoms with van der Waals surface area (Å²) in [5.74, 6) is 0.309. The number of hydrogen-bond acceptors (Lipinski definition) is 6. The summed E-state index contributed by atoms with van der Waals surface area (Å²) in [6, 6.07) is 18.7. The Balaban J connectivity index is 2.09. The maximum Gasteiger partial charge on any atom is 0.264 e. The standard InChI is InChI=1S/C32H40ClN3O6S/c1-6-28(32(38)34-20-23(3)4)35(21-24-12-16-26(41-5)17-13-24)31(37)22-36(29-10-8-9-11-30(29)42-7-2)43(39,40)27-18-14-25(33)15-19-27/h8-19,23,28H,6-7,20-22H2,1-5H3,(H,34,38)/t28-/m0/s1. The Hall–Kier alpha value is -3.76. The predicted molar refractivity (Wildman–Crippen MR) is 169 cm³/mol. The first-order valence-corrected chi connectivity index (χ1v) is 16.0. The Bertz CT molecular complexity index is 1460. The Morgan fingerprint density at radius 1 is 0.953 bits per heavy atom. The van der Waals surface area contributed by atoms with Crippen molar-refractivity contribution < 1.29 is 27.5 Å². The average Bonchev–Trinajstić information content (AvgIpc) is 2.99. The molecule has 3 rings (SSSR count). The third kappa shape index (κ3) is 8.87. The number of sulfonamides is 1. The summed E-state index contributed by atoms with van der Waals surface area (Å²) in [7, 11) is -2.70. The van der Waals surface area contributed by atoms with Gasteiger partial charge in [0.05, 0.1) is 24.3 Å². The number of methoxy groups -OCH3 is 1. The van der Waals surface area contributed by atoms with Crippen molar-refractivity contribution in [3.8, 4) is 11.5 Å². The molecule has 3 aromatic carbocycles. The molecule has 0 aliphatic rings. The van der Waals surface area contributed by atoms with Crippen LogP contribution in [0.4, 0.5) is 5.69 Å². The van der Waals surface area contributed by atoms with Crippen molar-refractivity contribution in [2.45, 2.75) is 51.6 Å². The molecule has 0 saturated heterocycles. The maximum atomic E-state index is 14.3. The van der Waals surface area contributed by atoms with Crippen LogP contribution in [-0.4, -0.2) is 58.0 Å². The zero-order valence-corrected chi connectivity index (χ0v) is 26.8. The second-order valence-corrected chi connectivity index (χ2v) is 12.6. The van der Waals surface area contributed by atoms with Gasteiger partial charge in [-0.2, -0.15) is 0 Å². The van der Waals surface area contributed by atoms with Gasteiger partial charge in [-0.25, -0.2) is 8.42 Å². The molecular weight excluding hydrogens is 590 g/mol. The van der Waals surface area contributed by atoms with Crippen molar-refractivity contribution in [3.63, 3.8) is 0 Å². The van der Waals surface area contributed by atoms with E-state index in [0.717, 1.165) is 9.87 Å². The van der Waals surface area contributed by atoms with E-state index in [1.54, 1.807) is 50.4 Å². The number of benzene rings is 3. The van der Waals surface area contributed by atoms with Crippen LogP contribution in [0.1, 0.15) is 39.7 Å². The molecule has 11 heteroatoms. The Labute approximate surface area is 259 Å². The van der Waals surface area contributed by atoms with Crippen molar-refractivity contribution in [3.05, 3.63) is 83.4 Å². The molecule has 1 N–H and O–H groups in total. The molecule has 0 radical (unpaired) electrons. The van der Waals surface area contributed by atoms with Crippen LogP contribution in [0.5, 0.6) is 11.5 Å². The van der Waals surface area contributed by atoms with Gasteiger partial charge in [-0.3, -0.25) is 13.9 Å². The lowest BCUT2D eigenvalue weighted by molar-refractivity contribution is -0.140. The molecule has 0 aliphatic heterocycles. The van der Waals surface area contributed by atoms with E-state index < -0.39 is 28.5 Å². The van der Waals surface area contributed by atoms with Gasteiger partial charge in [0.25, 0.3) is 10.0 Å². The zero-order valence-electron chi connectivity index (χ0n) is 25.2. The van der Waals surface area contributed by atoms with Gasteiger partial charge >= 0.3 is 0 Å². The SMILES string of the molecule is CCOc1ccccc1N(CC(=O)N(Cc1ccc(OC)cc1)[C@@H](CC)C(=O)NCC(C)C)S(=O)(=O)c1ccc(Cl)cc1. The highest BCUT2D eigenvalue weighted by atomic mass is 35.5. The molecule has 0 saturated carbocycles. The van der Waals surface area contributed by atoms with Crippen molar-refractivity contribution in [1.29, 1.82) is 0 Å². The monoisotopic (exact) mass is 629 g/mol. The minimum absolute atomic E-state index is 0.0422. The maximum absolute atomic E-state index is 14.3. The molecule has 0 aromatic heterocycles. The highest BCUT2D eigenvalue weighted by Gasteiger charge is 2.34. The number of amides is 2. The summed E-state index contributed by atoms with van der Waals surface area (Å²) in [5.41, 5.74) is 0.959. The van der Waals surface area contributed by atoms with Crippen LogP contribution in [0.2, 0.25) is 5.02 Å².